The van der Waals surface area contributed by atoms with Crippen molar-refractivity contribution in [2.75, 3.05) is 26.2 Å². The first-order valence-electron chi connectivity index (χ1n) is 5.48. The fraction of sp³-hybridized carbons (Fsp3) is 0.700. The second-order valence-corrected chi connectivity index (χ2v) is 5.17. The molecule has 1 aromatic heterocycles. The number of likely N-dealkylation sites (N-methyl/N-ethyl adjacent to an activating group) is 1. The van der Waals surface area contributed by atoms with Crippen molar-refractivity contribution >= 4 is 17.2 Å². The number of piperazine rings is 1. The van der Waals surface area contributed by atoms with Gasteiger partial charge in [-0.25, -0.2) is 0 Å². The molecule has 1 aliphatic rings. The quantitative estimate of drug-likeness (QED) is 0.772. The van der Waals surface area contributed by atoms with Gasteiger partial charge in [0.15, 0.2) is 0 Å². The van der Waals surface area contributed by atoms with E-state index in [2.05, 4.69) is 15.1 Å². The van der Waals surface area contributed by atoms with Crippen molar-refractivity contribution in [2.24, 2.45) is 0 Å². The van der Waals surface area contributed by atoms with E-state index in [-0.39, 0.29) is 5.91 Å². The third kappa shape index (κ3) is 2.56. The number of carbonyl (C=O) groups excluding carboxylic acids is 1. The van der Waals surface area contributed by atoms with Crippen molar-refractivity contribution in [3.8, 4) is 0 Å². The molecule has 1 aromatic rings. The number of nitrogens with zero attached hydrogens (tertiary/aromatic N) is 4. The Bertz CT molecular complexity index is 379. The maximum Gasteiger partial charge on any atom is 0.236 e. The highest BCUT2D eigenvalue weighted by Gasteiger charge is 2.23. The summed E-state index contributed by atoms with van der Waals surface area (Å²) in [5, 5.41) is 10.0. The van der Waals surface area contributed by atoms with E-state index in [1.165, 1.54) is 0 Å². The molecule has 1 aliphatic heterocycles. The zero-order valence-corrected chi connectivity index (χ0v) is 10.5. The Morgan fingerprint density at radius 3 is 2.75 bits per heavy atom. The molecule has 0 N–H and O–H groups in total. The second-order valence-electron chi connectivity index (χ2n) is 3.90. The summed E-state index contributed by atoms with van der Waals surface area (Å²) in [6.45, 7) is 7.78. The largest absolute Gasteiger partial charge is 0.341 e. The minimum absolute atomic E-state index is 0.218. The lowest BCUT2D eigenvalue weighted by molar-refractivity contribution is -0.135. The smallest absolute Gasteiger partial charge is 0.236 e. The SMILES string of the molecule is CCN1CCN(Cc2nnc(C)s2)CC1=O. The van der Waals surface area contributed by atoms with E-state index >= 15 is 0 Å². The normalized spacial score (nSPS) is 18.1. The Hall–Kier alpha value is -1.01. The van der Waals surface area contributed by atoms with Crippen LogP contribution in [0, 0.1) is 6.92 Å². The second kappa shape index (κ2) is 4.88. The van der Waals surface area contributed by atoms with Crippen molar-refractivity contribution in [3.05, 3.63) is 10.0 Å². The van der Waals surface area contributed by atoms with Gasteiger partial charge in [0.05, 0.1) is 13.1 Å². The van der Waals surface area contributed by atoms with Gasteiger partial charge in [0.25, 0.3) is 0 Å². The van der Waals surface area contributed by atoms with E-state index in [1.54, 1.807) is 11.3 Å². The first kappa shape index (κ1) is 11.5. The van der Waals surface area contributed by atoms with Crippen molar-refractivity contribution in [2.45, 2.75) is 20.4 Å². The van der Waals surface area contributed by atoms with Crippen LogP contribution in [0.2, 0.25) is 0 Å². The minimum atomic E-state index is 0.218. The number of hydrogen-bond donors (Lipinski definition) is 0. The topological polar surface area (TPSA) is 49.3 Å². The average molecular weight is 240 g/mol. The third-order valence-corrected chi connectivity index (χ3v) is 3.53. The Kier molecular flexibility index (Phi) is 3.50. The summed E-state index contributed by atoms with van der Waals surface area (Å²) in [6, 6.07) is 0. The van der Waals surface area contributed by atoms with E-state index in [9.17, 15) is 4.79 Å². The highest BCUT2D eigenvalue weighted by atomic mass is 32.1. The van der Waals surface area contributed by atoms with Gasteiger partial charge in [-0.3, -0.25) is 9.69 Å². The first-order valence-corrected chi connectivity index (χ1v) is 6.30. The van der Waals surface area contributed by atoms with Gasteiger partial charge >= 0.3 is 0 Å². The molecule has 6 heteroatoms. The van der Waals surface area contributed by atoms with Gasteiger partial charge in [-0.15, -0.1) is 21.5 Å². The van der Waals surface area contributed by atoms with Gasteiger partial charge in [0, 0.05) is 19.6 Å². The molecule has 2 rings (SSSR count). The van der Waals surface area contributed by atoms with Crippen LogP contribution in [0.25, 0.3) is 0 Å². The summed E-state index contributed by atoms with van der Waals surface area (Å²) in [6.07, 6.45) is 0. The van der Waals surface area contributed by atoms with Crippen LogP contribution in [0.1, 0.15) is 16.9 Å². The molecule has 0 unspecified atom stereocenters. The van der Waals surface area contributed by atoms with Gasteiger partial charge in [0.2, 0.25) is 5.91 Å². The van der Waals surface area contributed by atoms with Gasteiger partial charge in [-0.2, -0.15) is 0 Å². The molecule has 0 radical (unpaired) electrons. The molecule has 88 valence electrons. The molecule has 1 fully saturated rings. The molecular weight excluding hydrogens is 224 g/mol. The highest BCUT2D eigenvalue weighted by molar-refractivity contribution is 7.11. The van der Waals surface area contributed by atoms with Crippen LogP contribution < -0.4 is 0 Å². The molecular formula is C10H16N4OS. The average Bonchev–Trinajstić information content (AvgIpc) is 2.64. The van der Waals surface area contributed by atoms with Crippen LogP contribution in [0.5, 0.6) is 0 Å². The van der Waals surface area contributed by atoms with Crippen LogP contribution >= 0.6 is 11.3 Å². The van der Waals surface area contributed by atoms with E-state index in [0.717, 1.165) is 36.2 Å². The van der Waals surface area contributed by atoms with Crippen molar-refractivity contribution in [1.82, 2.24) is 20.0 Å². The first-order chi connectivity index (χ1) is 7.69. The maximum absolute atomic E-state index is 11.7. The molecule has 1 amide bonds. The number of aryl methyl sites for hydroxylation is 1. The van der Waals surface area contributed by atoms with Crippen molar-refractivity contribution < 1.29 is 4.79 Å². The summed E-state index contributed by atoms with van der Waals surface area (Å²) in [5.41, 5.74) is 0. The van der Waals surface area contributed by atoms with Crippen LogP contribution in [0.4, 0.5) is 0 Å². The summed E-state index contributed by atoms with van der Waals surface area (Å²) < 4.78 is 0. The van der Waals surface area contributed by atoms with E-state index in [0.29, 0.717) is 6.54 Å². The van der Waals surface area contributed by atoms with Gasteiger partial charge in [0.1, 0.15) is 10.0 Å². The molecule has 0 bridgehead atoms. The van der Waals surface area contributed by atoms with Gasteiger partial charge < -0.3 is 4.90 Å². The monoisotopic (exact) mass is 240 g/mol. The Morgan fingerprint density at radius 1 is 1.38 bits per heavy atom. The van der Waals surface area contributed by atoms with Crippen LogP contribution in [0.3, 0.4) is 0 Å². The summed E-state index contributed by atoms with van der Waals surface area (Å²) in [7, 11) is 0. The molecule has 0 aromatic carbocycles. The van der Waals surface area contributed by atoms with Crippen molar-refractivity contribution in [3.63, 3.8) is 0 Å². The zero-order valence-electron chi connectivity index (χ0n) is 9.64. The zero-order chi connectivity index (χ0) is 11.5. The fourth-order valence-electron chi connectivity index (χ4n) is 1.82. The molecule has 5 nitrogen and oxygen atoms in total. The predicted octanol–water partition coefficient (Wildman–Crippen LogP) is 0.511. The number of carbonyl (C=O) groups is 1. The highest BCUT2D eigenvalue weighted by Crippen LogP contribution is 2.12. The summed E-state index contributed by atoms with van der Waals surface area (Å²) in [5.74, 6) is 0.218. The molecule has 0 atom stereocenters. The summed E-state index contributed by atoms with van der Waals surface area (Å²) in [4.78, 5) is 15.7. The van der Waals surface area contributed by atoms with Crippen LogP contribution in [-0.2, 0) is 11.3 Å². The number of rotatable bonds is 3. The predicted molar refractivity (Wildman–Crippen MR) is 62.2 cm³/mol. The van der Waals surface area contributed by atoms with Crippen LogP contribution in [-0.4, -0.2) is 52.1 Å². The number of aromatic nitrogens is 2. The number of hydrogen-bond acceptors (Lipinski definition) is 5. The minimum Gasteiger partial charge on any atom is -0.341 e. The third-order valence-electron chi connectivity index (χ3n) is 2.71. The number of amides is 1. The van der Waals surface area contributed by atoms with E-state index in [1.807, 2.05) is 18.7 Å². The standard InChI is InChI=1S/C10H16N4OS/c1-3-14-5-4-13(7-10(14)15)6-9-12-11-8(2)16-9/h3-7H2,1-2H3. The Balaban J connectivity index is 1.91. The lowest BCUT2D eigenvalue weighted by Gasteiger charge is -2.32. The Labute approximate surface area is 99.1 Å². The molecule has 0 saturated carbocycles. The van der Waals surface area contributed by atoms with E-state index in [4.69, 9.17) is 0 Å². The molecule has 16 heavy (non-hydrogen) atoms. The van der Waals surface area contributed by atoms with Crippen molar-refractivity contribution in [1.29, 1.82) is 0 Å². The van der Waals surface area contributed by atoms with Gasteiger partial charge in [-0.1, -0.05) is 0 Å². The Morgan fingerprint density at radius 2 is 2.19 bits per heavy atom. The van der Waals surface area contributed by atoms with Gasteiger partial charge in [-0.05, 0) is 13.8 Å². The lowest BCUT2D eigenvalue weighted by atomic mass is 10.3. The maximum atomic E-state index is 11.7. The molecule has 2 heterocycles. The summed E-state index contributed by atoms with van der Waals surface area (Å²) >= 11 is 1.60. The van der Waals surface area contributed by atoms with Crippen LogP contribution in [0.15, 0.2) is 0 Å². The molecule has 0 aliphatic carbocycles. The lowest BCUT2D eigenvalue weighted by Crippen LogP contribution is -2.49. The molecule has 1 saturated heterocycles. The fourth-order valence-corrected chi connectivity index (χ4v) is 2.57. The van der Waals surface area contributed by atoms with E-state index < -0.39 is 0 Å². The molecule has 0 spiro atoms.